The predicted molar refractivity (Wildman–Crippen MR) is 98.2 cm³/mol. The number of aryl methyl sites for hydroxylation is 1. The molecule has 0 radical (unpaired) electrons. The Balaban J connectivity index is 1.60. The summed E-state index contributed by atoms with van der Waals surface area (Å²) in [5.41, 5.74) is 2.17. The van der Waals surface area contributed by atoms with Crippen molar-refractivity contribution < 1.29 is 9.21 Å². The molecule has 1 fully saturated rings. The Morgan fingerprint density at radius 2 is 2.00 bits per heavy atom. The van der Waals surface area contributed by atoms with Crippen LogP contribution in [-0.4, -0.2) is 64.9 Å². The van der Waals surface area contributed by atoms with Crippen molar-refractivity contribution in [3.63, 3.8) is 0 Å². The standard InChI is InChI=1S/C19H25N5O2/c1-3-22-8-10-23(11-9-22)18-15-13-24(19(25)17-5-4-12-26-17)7-6-16(15)20-14(2)21-18/h4-5,12H,3,6-11,13H2,1-2H3. The molecule has 0 spiro atoms. The fourth-order valence-electron chi connectivity index (χ4n) is 3.78. The number of nitrogens with zero attached hydrogens (tertiary/aromatic N) is 5. The number of likely N-dealkylation sites (N-methyl/N-ethyl adjacent to an activating group) is 1. The molecule has 1 amide bonds. The van der Waals surface area contributed by atoms with Gasteiger partial charge in [-0.3, -0.25) is 4.79 Å². The minimum absolute atomic E-state index is 0.0667. The lowest BCUT2D eigenvalue weighted by molar-refractivity contribution is 0.0701. The van der Waals surface area contributed by atoms with Crippen LogP contribution in [0.25, 0.3) is 0 Å². The van der Waals surface area contributed by atoms with Gasteiger partial charge in [0.15, 0.2) is 5.76 Å². The van der Waals surface area contributed by atoms with E-state index in [1.807, 2.05) is 11.8 Å². The number of carbonyl (C=O) groups excluding carboxylic acids is 1. The minimum atomic E-state index is -0.0667. The Morgan fingerprint density at radius 1 is 1.19 bits per heavy atom. The Labute approximate surface area is 153 Å². The first-order chi connectivity index (χ1) is 12.7. The highest BCUT2D eigenvalue weighted by molar-refractivity contribution is 5.91. The van der Waals surface area contributed by atoms with Gasteiger partial charge in [-0.25, -0.2) is 9.97 Å². The van der Waals surface area contributed by atoms with E-state index in [4.69, 9.17) is 9.40 Å². The number of amides is 1. The van der Waals surface area contributed by atoms with E-state index in [1.165, 1.54) is 6.26 Å². The molecule has 2 aromatic heterocycles. The highest BCUT2D eigenvalue weighted by atomic mass is 16.3. The zero-order valence-corrected chi connectivity index (χ0v) is 15.4. The topological polar surface area (TPSA) is 65.7 Å². The van der Waals surface area contributed by atoms with Crippen LogP contribution in [-0.2, 0) is 13.0 Å². The largest absolute Gasteiger partial charge is 0.459 e. The fourth-order valence-corrected chi connectivity index (χ4v) is 3.78. The van der Waals surface area contributed by atoms with Crippen molar-refractivity contribution in [2.24, 2.45) is 0 Å². The molecule has 7 nitrogen and oxygen atoms in total. The van der Waals surface area contributed by atoms with E-state index in [-0.39, 0.29) is 5.91 Å². The summed E-state index contributed by atoms with van der Waals surface area (Å²) in [6, 6.07) is 3.46. The summed E-state index contributed by atoms with van der Waals surface area (Å²) in [5.74, 6) is 2.13. The maximum atomic E-state index is 12.7. The molecule has 2 aromatic rings. The molecule has 1 saturated heterocycles. The number of fused-ring (bicyclic) bond motifs is 1. The summed E-state index contributed by atoms with van der Waals surface area (Å²) in [5, 5.41) is 0. The predicted octanol–water partition coefficient (Wildman–Crippen LogP) is 1.72. The molecule has 4 heterocycles. The molecule has 7 heteroatoms. The zero-order valence-electron chi connectivity index (χ0n) is 15.4. The van der Waals surface area contributed by atoms with E-state index >= 15 is 0 Å². The highest BCUT2D eigenvalue weighted by Gasteiger charge is 2.29. The normalized spacial score (nSPS) is 18.1. The molecule has 4 rings (SSSR count). The monoisotopic (exact) mass is 355 g/mol. The number of carbonyl (C=O) groups is 1. The van der Waals surface area contributed by atoms with Crippen LogP contribution in [0.5, 0.6) is 0 Å². The van der Waals surface area contributed by atoms with Crippen LogP contribution in [0.15, 0.2) is 22.8 Å². The Hall–Kier alpha value is -2.41. The van der Waals surface area contributed by atoms with Gasteiger partial charge in [0.2, 0.25) is 0 Å². The first kappa shape index (κ1) is 17.0. The van der Waals surface area contributed by atoms with Gasteiger partial charge in [-0.15, -0.1) is 0 Å². The summed E-state index contributed by atoms with van der Waals surface area (Å²) < 4.78 is 5.29. The Kier molecular flexibility index (Phi) is 4.63. The summed E-state index contributed by atoms with van der Waals surface area (Å²) in [7, 11) is 0. The SMILES string of the molecule is CCN1CCN(c2nc(C)nc3c2CN(C(=O)c2ccco2)CC3)CC1. The van der Waals surface area contributed by atoms with Crippen LogP contribution in [0.3, 0.4) is 0 Å². The average molecular weight is 355 g/mol. The van der Waals surface area contributed by atoms with Crippen LogP contribution >= 0.6 is 0 Å². The molecule has 0 saturated carbocycles. The van der Waals surface area contributed by atoms with Gasteiger partial charge in [0, 0.05) is 44.7 Å². The molecule has 0 bridgehead atoms. The van der Waals surface area contributed by atoms with Crippen molar-refractivity contribution in [2.45, 2.75) is 26.8 Å². The lowest BCUT2D eigenvalue weighted by Crippen LogP contribution is -2.47. The van der Waals surface area contributed by atoms with Gasteiger partial charge >= 0.3 is 0 Å². The fraction of sp³-hybridized carbons (Fsp3) is 0.526. The lowest BCUT2D eigenvalue weighted by atomic mass is 10.0. The van der Waals surface area contributed by atoms with Gasteiger partial charge in [-0.1, -0.05) is 6.92 Å². The third kappa shape index (κ3) is 3.19. The molecule has 0 aliphatic carbocycles. The molecule has 2 aliphatic heterocycles. The zero-order chi connectivity index (χ0) is 18.1. The Bertz CT molecular complexity index is 781. The molecule has 0 atom stereocenters. The number of piperazine rings is 1. The number of aromatic nitrogens is 2. The van der Waals surface area contributed by atoms with Gasteiger partial charge in [0.1, 0.15) is 11.6 Å². The van der Waals surface area contributed by atoms with Crippen molar-refractivity contribution in [2.75, 3.05) is 44.2 Å². The van der Waals surface area contributed by atoms with Gasteiger partial charge in [0.25, 0.3) is 5.91 Å². The minimum Gasteiger partial charge on any atom is -0.459 e. The summed E-state index contributed by atoms with van der Waals surface area (Å²) >= 11 is 0. The van der Waals surface area contributed by atoms with Gasteiger partial charge in [-0.2, -0.15) is 0 Å². The second-order valence-electron chi connectivity index (χ2n) is 6.89. The molecule has 138 valence electrons. The molecule has 26 heavy (non-hydrogen) atoms. The quantitative estimate of drug-likeness (QED) is 0.835. The number of rotatable bonds is 3. The van der Waals surface area contributed by atoms with E-state index in [9.17, 15) is 4.79 Å². The van der Waals surface area contributed by atoms with Gasteiger partial charge in [-0.05, 0) is 25.6 Å². The molecular formula is C19H25N5O2. The van der Waals surface area contributed by atoms with Gasteiger partial charge < -0.3 is 19.1 Å². The molecule has 0 aromatic carbocycles. The number of hydrogen-bond acceptors (Lipinski definition) is 6. The Morgan fingerprint density at radius 3 is 2.69 bits per heavy atom. The van der Waals surface area contributed by atoms with E-state index in [0.717, 1.165) is 62.0 Å². The van der Waals surface area contributed by atoms with Gasteiger partial charge in [0.05, 0.1) is 18.5 Å². The van der Waals surface area contributed by atoms with Crippen LogP contribution in [0.4, 0.5) is 5.82 Å². The van der Waals surface area contributed by atoms with Crippen molar-refractivity contribution in [1.29, 1.82) is 0 Å². The smallest absolute Gasteiger partial charge is 0.289 e. The second kappa shape index (κ2) is 7.07. The van der Waals surface area contributed by atoms with Crippen LogP contribution in [0, 0.1) is 6.92 Å². The third-order valence-electron chi connectivity index (χ3n) is 5.29. The number of anilines is 1. The van der Waals surface area contributed by atoms with Crippen LogP contribution in [0.2, 0.25) is 0 Å². The van der Waals surface area contributed by atoms with Crippen LogP contribution in [0.1, 0.15) is 34.6 Å². The van der Waals surface area contributed by atoms with E-state index in [1.54, 1.807) is 12.1 Å². The lowest BCUT2D eigenvalue weighted by Gasteiger charge is -2.37. The molecular weight excluding hydrogens is 330 g/mol. The van der Waals surface area contributed by atoms with E-state index < -0.39 is 0 Å². The summed E-state index contributed by atoms with van der Waals surface area (Å²) in [4.78, 5) is 28.7. The third-order valence-corrected chi connectivity index (χ3v) is 5.29. The van der Waals surface area contributed by atoms with Crippen LogP contribution < -0.4 is 4.90 Å². The first-order valence-electron chi connectivity index (χ1n) is 9.32. The molecule has 0 unspecified atom stereocenters. The van der Waals surface area contributed by atoms with Crippen molar-refractivity contribution >= 4 is 11.7 Å². The highest BCUT2D eigenvalue weighted by Crippen LogP contribution is 2.28. The van der Waals surface area contributed by atoms with Crippen molar-refractivity contribution in [1.82, 2.24) is 19.8 Å². The molecule has 2 aliphatic rings. The van der Waals surface area contributed by atoms with Crippen molar-refractivity contribution in [3.8, 4) is 0 Å². The van der Waals surface area contributed by atoms with E-state index in [0.29, 0.717) is 18.8 Å². The van der Waals surface area contributed by atoms with E-state index in [2.05, 4.69) is 21.7 Å². The summed E-state index contributed by atoms with van der Waals surface area (Å²) in [6.45, 7) is 10.4. The molecule has 0 N–H and O–H groups in total. The maximum Gasteiger partial charge on any atom is 0.289 e. The number of hydrogen-bond donors (Lipinski definition) is 0. The average Bonchev–Trinajstić information content (AvgIpc) is 3.21. The number of furan rings is 1. The maximum absolute atomic E-state index is 12.7. The summed E-state index contributed by atoms with van der Waals surface area (Å²) in [6.07, 6.45) is 2.29. The second-order valence-corrected chi connectivity index (χ2v) is 6.89. The van der Waals surface area contributed by atoms with Crippen molar-refractivity contribution in [3.05, 3.63) is 41.2 Å². The first-order valence-corrected chi connectivity index (χ1v) is 9.32.